The lowest BCUT2D eigenvalue weighted by Crippen LogP contribution is -2.48. The van der Waals surface area contributed by atoms with Gasteiger partial charge in [-0.1, -0.05) is 6.92 Å². The topological polar surface area (TPSA) is 147 Å². The number of aliphatic hydroxyl groups is 1. The van der Waals surface area contributed by atoms with E-state index < -0.39 is 39.9 Å². The van der Waals surface area contributed by atoms with E-state index in [0.29, 0.717) is 30.2 Å². The van der Waals surface area contributed by atoms with Gasteiger partial charge in [0.15, 0.2) is 0 Å². The second-order valence-electron chi connectivity index (χ2n) is 12.6. The van der Waals surface area contributed by atoms with Crippen molar-refractivity contribution in [3.05, 3.63) is 78.1 Å². The van der Waals surface area contributed by atoms with Crippen LogP contribution in [0.25, 0.3) is 0 Å². The van der Waals surface area contributed by atoms with Gasteiger partial charge >= 0.3 is 6.03 Å². The first kappa shape index (κ1) is 38.4. The van der Waals surface area contributed by atoms with Crippen molar-refractivity contribution in [3.8, 4) is 11.5 Å². The van der Waals surface area contributed by atoms with Crippen molar-refractivity contribution in [2.24, 2.45) is 5.92 Å². The number of benzene rings is 3. The van der Waals surface area contributed by atoms with Crippen LogP contribution in [0.15, 0.2) is 71.6 Å². The molecule has 0 radical (unpaired) electrons. The number of sulfonamides is 1. The average Bonchev–Trinajstić information content (AvgIpc) is 3.10. The molecule has 3 N–H and O–H groups in total. The van der Waals surface area contributed by atoms with E-state index >= 15 is 0 Å². The van der Waals surface area contributed by atoms with Crippen LogP contribution in [-0.4, -0.2) is 94.0 Å². The van der Waals surface area contributed by atoms with Gasteiger partial charge in [0.1, 0.15) is 17.3 Å². The lowest BCUT2D eigenvalue weighted by molar-refractivity contribution is -0.0115. The zero-order valence-corrected chi connectivity index (χ0v) is 29.9. The Labute approximate surface area is 293 Å². The standard InChI is InChI=1S/C36H47FN4O8S/c1-24-21-41(25(2)23-42)35(43)32-20-29(39-50(45,46)31-16-14-30(47-5)15-17-31)13-18-33(32)49-26(3)8-6-7-19-48-34(24)22-40(4)36(44)38-28-11-9-27(37)10-12-28/h9-18,20,24-26,34,39,42H,6-8,19,21-23H2,1-5H3,(H,38,44)/t24-,25+,26+,34-/m1/s1. The predicted octanol–water partition coefficient (Wildman–Crippen LogP) is 5.59. The van der Waals surface area contributed by atoms with E-state index in [1.807, 2.05) is 13.8 Å². The molecular weight excluding hydrogens is 667 g/mol. The molecular formula is C36H47FN4O8S. The van der Waals surface area contributed by atoms with Crippen LogP contribution in [0, 0.1) is 11.7 Å². The van der Waals surface area contributed by atoms with Crippen LogP contribution in [-0.2, 0) is 14.8 Å². The molecule has 0 saturated carbocycles. The number of methoxy groups -OCH3 is 1. The van der Waals surface area contributed by atoms with Crippen molar-refractivity contribution in [1.82, 2.24) is 9.80 Å². The zero-order valence-electron chi connectivity index (χ0n) is 29.1. The van der Waals surface area contributed by atoms with E-state index in [4.69, 9.17) is 14.2 Å². The average molecular weight is 715 g/mol. The molecule has 0 saturated heterocycles. The number of amides is 3. The fraction of sp³-hybridized carbons (Fsp3) is 0.444. The molecule has 50 heavy (non-hydrogen) atoms. The van der Waals surface area contributed by atoms with E-state index in [1.54, 1.807) is 38.2 Å². The summed E-state index contributed by atoms with van der Waals surface area (Å²) in [5.41, 5.74) is 0.729. The van der Waals surface area contributed by atoms with Crippen molar-refractivity contribution < 1.29 is 41.7 Å². The first-order valence-corrected chi connectivity index (χ1v) is 18.1. The monoisotopic (exact) mass is 714 g/mol. The first-order valence-electron chi connectivity index (χ1n) is 16.6. The molecule has 0 unspecified atom stereocenters. The minimum Gasteiger partial charge on any atom is -0.497 e. The number of nitrogens with zero attached hydrogens (tertiary/aromatic N) is 2. The Kier molecular flexibility index (Phi) is 13.4. The minimum atomic E-state index is -4.01. The van der Waals surface area contributed by atoms with Crippen molar-refractivity contribution in [2.45, 2.75) is 63.2 Å². The van der Waals surface area contributed by atoms with Crippen molar-refractivity contribution in [2.75, 3.05) is 50.5 Å². The fourth-order valence-electron chi connectivity index (χ4n) is 5.52. The molecule has 4 rings (SSSR count). The molecule has 14 heteroatoms. The summed E-state index contributed by atoms with van der Waals surface area (Å²) in [4.78, 5) is 30.4. The number of carbonyl (C=O) groups excluding carboxylic acids is 2. The predicted molar refractivity (Wildman–Crippen MR) is 189 cm³/mol. The van der Waals surface area contributed by atoms with Gasteiger partial charge in [-0.3, -0.25) is 9.52 Å². The first-order chi connectivity index (χ1) is 23.8. The third kappa shape index (κ3) is 10.3. The van der Waals surface area contributed by atoms with Gasteiger partial charge < -0.3 is 34.4 Å². The van der Waals surface area contributed by atoms with Gasteiger partial charge in [-0.15, -0.1) is 0 Å². The van der Waals surface area contributed by atoms with Gasteiger partial charge in [-0.05, 0) is 99.8 Å². The van der Waals surface area contributed by atoms with Gasteiger partial charge in [-0.25, -0.2) is 17.6 Å². The number of carbonyl (C=O) groups is 2. The Hall–Kier alpha value is -4.40. The largest absolute Gasteiger partial charge is 0.497 e. The second kappa shape index (κ2) is 17.5. The molecule has 3 aromatic rings. The maximum atomic E-state index is 14.4. The summed E-state index contributed by atoms with van der Waals surface area (Å²) in [6, 6.07) is 14.9. The highest BCUT2D eigenvalue weighted by Crippen LogP contribution is 2.30. The number of nitrogens with one attached hydrogen (secondary N) is 2. The number of aliphatic hydroxyl groups excluding tert-OH is 1. The molecule has 4 atom stereocenters. The van der Waals surface area contributed by atoms with E-state index in [0.717, 1.165) is 12.8 Å². The number of urea groups is 1. The van der Waals surface area contributed by atoms with Gasteiger partial charge in [0, 0.05) is 44.0 Å². The quantitative estimate of drug-likeness (QED) is 0.260. The van der Waals surface area contributed by atoms with Crippen LogP contribution >= 0.6 is 0 Å². The smallest absolute Gasteiger partial charge is 0.321 e. The molecule has 0 aromatic heterocycles. The second-order valence-corrected chi connectivity index (χ2v) is 14.3. The molecule has 3 amide bonds. The summed E-state index contributed by atoms with van der Waals surface area (Å²) < 4.78 is 60.1. The van der Waals surface area contributed by atoms with Crippen molar-refractivity contribution in [1.29, 1.82) is 0 Å². The Bertz CT molecular complexity index is 1690. The van der Waals surface area contributed by atoms with Crippen molar-refractivity contribution >= 4 is 33.3 Å². The van der Waals surface area contributed by atoms with Gasteiger partial charge in [0.25, 0.3) is 15.9 Å². The molecule has 0 bridgehead atoms. The zero-order chi connectivity index (χ0) is 36.4. The molecule has 1 aliphatic heterocycles. The highest BCUT2D eigenvalue weighted by Gasteiger charge is 2.31. The fourth-order valence-corrected chi connectivity index (χ4v) is 6.57. The lowest BCUT2D eigenvalue weighted by atomic mass is 10.0. The van der Waals surface area contributed by atoms with Crippen LogP contribution in [0.3, 0.4) is 0 Å². The van der Waals surface area contributed by atoms with E-state index in [1.165, 1.54) is 59.4 Å². The van der Waals surface area contributed by atoms with Crippen LogP contribution in [0.1, 0.15) is 50.4 Å². The third-order valence-corrected chi connectivity index (χ3v) is 9.97. The van der Waals surface area contributed by atoms with Crippen LogP contribution in [0.2, 0.25) is 0 Å². The van der Waals surface area contributed by atoms with Gasteiger partial charge in [0.05, 0.1) is 42.4 Å². The molecule has 272 valence electrons. The summed E-state index contributed by atoms with van der Waals surface area (Å²) >= 11 is 0. The normalized spacial score (nSPS) is 19.7. The molecule has 12 nitrogen and oxygen atoms in total. The Balaban J connectivity index is 1.62. The van der Waals surface area contributed by atoms with Crippen molar-refractivity contribution in [3.63, 3.8) is 0 Å². The Morgan fingerprint density at radius 1 is 1.08 bits per heavy atom. The molecule has 1 aliphatic rings. The number of likely N-dealkylation sites (N-methyl/N-ethyl adjacent to an activating group) is 1. The summed E-state index contributed by atoms with van der Waals surface area (Å²) in [7, 11) is -0.900. The van der Waals surface area contributed by atoms with E-state index in [9.17, 15) is 27.5 Å². The van der Waals surface area contributed by atoms with Gasteiger partial charge in [0.2, 0.25) is 0 Å². The van der Waals surface area contributed by atoms with E-state index in [-0.39, 0.29) is 47.9 Å². The summed E-state index contributed by atoms with van der Waals surface area (Å²) in [6.45, 7) is 5.95. The minimum absolute atomic E-state index is 0.0151. The summed E-state index contributed by atoms with van der Waals surface area (Å²) in [5, 5.41) is 13.0. The number of hydrogen-bond donors (Lipinski definition) is 3. The molecule has 3 aromatic carbocycles. The molecule has 0 fully saturated rings. The SMILES string of the molecule is COc1ccc(S(=O)(=O)Nc2ccc3c(c2)C(=O)N([C@@H](C)CO)C[C@@H](C)[C@@H](CN(C)C(=O)Nc2ccc(F)cc2)OCCCC[C@H](C)O3)cc1. The van der Waals surface area contributed by atoms with E-state index in [2.05, 4.69) is 10.0 Å². The Morgan fingerprint density at radius 3 is 2.42 bits per heavy atom. The Morgan fingerprint density at radius 2 is 1.76 bits per heavy atom. The number of halogens is 1. The number of fused-ring (bicyclic) bond motifs is 1. The number of hydrogen-bond acceptors (Lipinski definition) is 8. The lowest BCUT2D eigenvalue weighted by Gasteiger charge is -2.35. The number of anilines is 2. The number of rotatable bonds is 9. The molecule has 1 heterocycles. The van der Waals surface area contributed by atoms with Crippen LogP contribution < -0.4 is 19.5 Å². The van der Waals surface area contributed by atoms with Crippen LogP contribution in [0.5, 0.6) is 11.5 Å². The maximum Gasteiger partial charge on any atom is 0.321 e. The maximum absolute atomic E-state index is 14.4. The summed E-state index contributed by atoms with van der Waals surface area (Å²) in [5.74, 6) is -0.391. The highest BCUT2D eigenvalue weighted by molar-refractivity contribution is 7.92. The summed E-state index contributed by atoms with van der Waals surface area (Å²) in [6.07, 6.45) is 1.42. The highest BCUT2D eigenvalue weighted by atomic mass is 32.2. The van der Waals surface area contributed by atoms with Crippen LogP contribution in [0.4, 0.5) is 20.6 Å². The molecule has 0 spiro atoms. The van der Waals surface area contributed by atoms with Gasteiger partial charge in [-0.2, -0.15) is 0 Å². The number of ether oxygens (including phenoxy) is 3. The molecule has 0 aliphatic carbocycles. The third-order valence-electron chi connectivity index (χ3n) is 8.57.